The summed E-state index contributed by atoms with van der Waals surface area (Å²) >= 11 is 5.60. The van der Waals surface area contributed by atoms with Crippen molar-refractivity contribution in [2.75, 3.05) is 9.80 Å². The van der Waals surface area contributed by atoms with Gasteiger partial charge in [0.15, 0.2) is 10.8 Å². The summed E-state index contributed by atoms with van der Waals surface area (Å²) in [6.45, 7) is 14.3. The van der Waals surface area contributed by atoms with Crippen LogP contribution in [-0.4, -0.2) is 21.5 Å². The first-order chi connectivity index (χ1) is 13.7. The molecule has 2 heterocycles. The second-order valence-corrected chi connectivity index (χ2v) is 7.95. The lowest BCUT2D eigenvalue weighted by Crippen LogP contribution is -2.44. The molecule has 1 aliphatic rings. The monoisotopic (exact) mass is 410 g/mol. The van der Waals surface area contributed by atoms with E-state index in [1.54, 1.807) is 24.9 Å². The number of nitrogens with zero attached hydrogens (tertiary/aromatic N) is 4. The lowest BCUT2D eigenvalue weighted by atomic mass is 10.0. The molecule has 0 N–H and O–H groups in total. The van der Waals surface area contributed by atoms with Gasteiger partial charge in [0.1, 0.15) is 11.4 Å². The number of thiocarbonyl (C=S) groups is 1. The zero-order valence-electron chi connectivity index (χ0n) is 17.0. The summed E-state index contributed by atoms with van der Waals surface area (Å²) in [6, 6.07) is 6.78. The number of aryl methyl sites for hydroxylation is 1. The third-order valence-corrected chi connectivity index (χ3v) is 5.59. The molecule has 0 radical (unpaired) electrons. The Morgan fingerprint density at radius 3 is 2.59 bits per heavy atom. The van der Waals surface area contributed by atoms with E-state index in [9.17, 15) is 9.18 Å². The van der Waals surface area contributed by atoms with E-state index in [-0.39, 0.29) is 28.0 Å². The first kappa shape index (κ1) is 20.9. The van der Waals surface area contributed by atoms with E-state index in [0.717, 1.165) is 25.0 Å². The highest BCUT2D eigenvalue weighted by atomic mass is 32.1. The lowest BCUT2D eigenvalue weighted by Gasteiger charge is -2.29. The van der Waals surface area contributed by atoms with E-state index in [2.05, 4.69) is 16.8 Å². The number of hydrogen-bond donors (Lipinski definition) is 0. The minimum absolute atomic E-state index is 0.0630. The summed E-state index contributed by atoms with van der Waals surface area (Å²) in [7, 11) is 0. The van der Waals surface area contributed by atoms with Gasteiger partial charge < -0.3 is 4.90 Å². The summed E-state index contributed by atoms with van der Waals surface area (Å²) in [4.78, 5) is 23.9. The van der Waals surface area contributed by atoms with Crippen molar-refractivity contribution in [3.63, 3.8) is 0 Å². The van der Waals surface area contributed by atoms with Crippen molar-refractivity contribution in [1.82, 2.24) is 4.98 Å². The number of unbranched alkanes of at least 4 members (excludes halogenated alkanes) is 1. The topological polar surface area (TPSA) is 40.8 Å². The predicted molar refractivity (Wildman–Crippen MR) is 117 cm³/mol. The van der Waals surface area contributed by atoms with Gasteiger partial charge in [0.2, 0.25) is 0 Å². The fourth-order valence-corrected chi connectivity index (χ4v) is 3.96. The second kappa shape index (κ2) is 7.88. The Morgan fingerprint density at radius 1 is 1.28 bits per heavy atom. The third kappa shape index (κ3) is 3.49. The number of hydrogen-bond acceptors (Lipinski definition) is 3. The van der Waals surface area contributed by atoms with Crippen LogP contribution in [0.3, 0.4) is 0 Å². The van der Waals surface area contributed by atoms with Crippen LogP contribution in [0.5, 0.6) is 0 Å². The van der Waals surface area contributed by atoms with Crippen molar-refractivity contribution < 1.29 is 9.18 Å². The third-order valence-electron chi connectivity index (χ3n) is 5.22. The van der Waals surface area contributed by atoms with Gasteiger partial charge in [0, 0.05) is 5.69 Å². The van der Waals surface area contributed by atoms with E-state index in [0.29, 0.717) is 5.69 Å². The molecular formula is C22H23FN4OS. The molecule has 5 nitrogen and oxygen atoms in total. The van der Waals surface area contributed by atoms with Crippen LogP contribution in [-0.2, 0) is 11.2 Å². The summed E-state index contributed by atoms with van der Waals surface area (Å²) in [5, 5.41) is 0.192. The summed E-state index contributed by atoms with van der Waals surface area (Å²) in [5.74, 6) is -0.939. The minimum Gasteiger partial charge on any atom is -0.302 e. The van der Waals surface area contributed by atoms with E-state index < -0.39 is 11.4 Å². The fraction of sp³-hybridized carbons (Fsp3) is 0.364. The van der Waals surface area contributed by atoms with Crippen LogP contribution < -0.4 is 9.80 Å². The standard InChI is InChI=1S/C22H23FN4OS/c1-6-7-8-15-9-10-16(13-25-15)27-21(29)26(20(28)22(27,3)4)18-12-11-17(24-5)14(2)19(18)23/h9-13H,6-8H2,1-4H3. The van der Waals surface area contributed by atoms with Crippen LogP contribution in [0.15, 0.2) is 30.5 Å². The molecule has 0 aliphatic carbocycles. The minimum atomic E-state index is -0.998. The van der Waals surface area contributed by atoms with Crippen molar-refractivity contribution in [3.05, 3.63) is 59.0 Å². The highest BCUT2D eigenvalue weighted by Crippen LogP contribution is 2.38. The van der Waals surface area contributed by atoms with Gasteiger partial charge in [-0.3, -0.25) is 14.7 Å². The number of pyridine rings is 1. The molecule has 2 aromatic rings. The van der Waals surface area contributed by atoms with E-state index in [1.165, 1.54) is 24.0 Å². The van der Waals surface area contributed by atoms with Gasteiger partial charge in [-0.2, -0.15) is 0 Å². The number of rotatable bonds is 5. The Balaban J connectivity index is 2.01. The van der Waals surface area contributed by atoms with Crippen molar-refractivity contribution in [2.24, 2.45) is 0 Å². The van der Waals surface area contributed by atoms with E-state index >= 15 is 0 Å². The number of amides is 1. The van der Waals surface area contributed by atoms with Gasteiger partial charge in [-0.1, -0.05) is 19.4 Å². The van der Waals surface area contributed by atoms with Gasteiger partial charge in [0.25, 0.3) is 5.91 Å². The van der Waals surface area contributed by atoms with Crippen molar-refractivity contribution in [2.45, 2.75) is 52.5 Å². The molecule has 1 aromatic heterocycles. The Kier molecular flexibility index (Phi) is 5.67. The Labute approximate surface area is 176 Å². The molecule has 1 amide bonds. The number of halogens is 1. The number of aromatic nitrogens is 1. The normalized spacial score (nSPS) is 15.7. The maximum absolute atomic E-state index is 15.0. The van der Waals surface area contributed by atoms with Gasteiger partial charge in [-0.15, -0.1) is 0 Å². The zero-order valence-corrected chi connectivity index (χ0v) is 17.8. The SMILES string of the molecule is [C-]#[N+]c1ccc(N2C(=O)C(C)(C)N(c3ccc(CCCC)nc3)C2=S)c(F)c1C. The average Bonchev–Trinajstić information content (AvgIpc) is 2.87. The Bertz CT molecular complexity index is 1010. The predicted octanol–water partition coefficient (Wildman–Crippen LogP) is 5.34. The van der Waals surface area contributed by atoms with Crippen molar-refractivity contribution >= 4 is 40.3 Å². The first-order valence-corrected chi connectivity index (χ1v) is 9.95. The van der Waals surface area contributed by atoms with E-state index in [1.807, 2.05) is 12.1 Å². The molecule has 0 unspecified atom stereocenters. The molecule has 150 valence electrons. The molecule has 29 heavy (non-hydrogen) atoms. The molecule has 0 spiro atoms. The first-order valence-electron chi connectivity index (χ1n) is 9.54. The lowest BCUT2D eigenvalue weighted by molar-refractivity contribution is -0.120. The van der Waals surface area contributed by atoms with Crippen LogP contribution in [0.4, 0.5) is 21.5 Å². The van der Waals surface area contributed by atoms with Gasteiger partial charge in [-0.05, 0) is 69.6 Å². The highest BCUT2D eigenvalue weighted by Gasteiger charge is 2.51. The molecule has 0 bridgehead atoms. The van der Waals surface area contributed by atoms with Crippen LogP contribution in [0.2, 0.25) is 0 Å². The maximum Gasteiger partial charge on any atom is 0.259 e. The second-order valence-electron chi connectivity index (χ2n) is 7.58. The number of anilines is 2. The average molecular weight is 411 g/mol. The maximum atomic E-state index is 15.0. The Morgan fingerprint density at radius 2 is 2.00 bits per heavy atom. The quantitative estimate of drug-likeness (QED) is 0.493. The molecule has 3 rings (SSSR count). The largest absolute Gasteiger partial charge is 0.302 e. The molecule has 1 aliphatic heterocycles. The van der Waals surface area contributed by atoms with E-state index in [4.69, 9.17) is 18.8 Å². The molecule has 1 fully saturated rings. The van der Waals surface area contributed by atoms with Gasteiger partial charge in [-0.25, -0.2) is 9.24 Å². The summed E-state index contributed by atoms with van der Waals surface area (Å²) in [6.07, 6.45) is 4.76. The van der Waals surface area contributed by atoms with Crippen LogP contribution in [0, 0.1) is 19.3 Å². The van der Waals surface area contributed by atoms with Gasteiger partial charge >= 0.3 is 0 Å². The molecule has 0 saturated carbocycles. The summed E-state index contributed by atoms with van der Waals surface area (Å²) < 4.78 is 15.0. The number of benzene rings is 1. The van der Waals surface area contributed by atoms with Crippen LogP contribution >= 0.6 is 12.2 Å². The number of carbonyl (C=O) groups is 1. The zero-order chi connectivity index (χ0) is 21.3. The van der Waals surface area contributed by atoms with Crippen molar-refractivity contribution in [3.8, 4) is 0 Å². The molecule has 1 saturated heterocycles. The van der Waals surface area contributed by atoms with Crippen LogP contribution in [0.1, 0.15) is 44.9 Å². The molecular weight excluding hydrogens is 387 g/mol. The smallest absolute Gasteiger partial charge is 0.259 e. The Hall–Kier alpha value is -2.85. The summed E-state index contributed by atoms with van der Waals surface area (Å²) in [5.41, 5.74) is 1.15. The van der Waals surface area contributed by atoms with Crippen molar-refractivity contribution in [1.29, 1.82) is 0 Å². The molecule has 7 heteroatoms. The highest BCUT2D eigenvalue weighted by molar-refractivity contribution is 7.81. The number of carbonyl (C=O) groups excluding carboxylic acids is 1. The van der Waals surface area contributed by atoms with Gasteiger partial charge in [0.05, 0.1) is 24.1 Å². The molecule has 1 aromatic carbocycles. The molecule has 0 atom stereocenters. The van der Waals surface area contributed by atoms with Crippen LogP contribution in [0.25, 0.3) is 4.85 Å². The fourth-order valence-electron chi connectivity index (χ4n) is 3.45.